The molecule has 6 amide bonds. The predicted molar refractivity (Wildman–Crippen MR) is 172 cm³/mol. The second-order valence-corrected chi connectivity index (χ2v) is 12.2. The summed E-state index contributed by atoms with van der Waals surface area (Å²) in [5, 5.41) is 13.6. The number of carbonyl (C=O) groups is 8. The second-order valence-electron chi connectivity index (χ2n) is 9.86. The number of nitrogens with zero attached hydrogens (tertiary/aromatic N) is 3. The van der Waals surface area contributed by atoms with Crippen LogP contribution in [0.3, 0.4) is 0 Å². The van der Waals surface area contributed by atoms with E-state index >= 15 is 0 Å². The van der Waals surface area contributed by atoms with Crippen LogP contribution in [0.15, 0.2) is 61.9 Å². The van der Waals surface area contributed by atoms with E-state index in [0.29, 0.717) is 14.9 Å². The van der Waals surface area contributed by atoms with Crippen LogP contribution in [0.2, 0.25) is 0 Å². The van der Waals surface area contributed by atoms with Crippen molar-refractivity contribution in [2.45, 2.75) is 6.92 Å². The topological polar surface area (TPSA) is 188 Å². The minimum absolute atomic E-state index is 0.0319. The third kappa shape index (κ3) is 5.85. The first-order valence-corrected chi connectivity index (χ1v) is 15.8. The number of esters is 1. The normalized spacial score (nSPS) is 13.4. The van der Waals surface area contributed by atoms with Crippen molar-refractivity contribution >= 4 is 101 Å². The number of fused-ring (bicyclic) bond motifs is 2. The zero-order valence-electron chi connectivity index (χ0n) is 23.8. The van der Waals surface area contributed by atoms with Crippen molar-refractivity contribution in [1.82, 2.24) is 15.2 Å². The van der Waals surface area contributed by atoms with E-state index in [1.807, 2.05) is 0 Å². The molecule has 0 aliphatic carbocycles. The van der Waals surface area contributed by atoms with Crippen LogP contribution in [0.5, 0.6) is 0 Å². The first kappa shape index (κ1) is 33.6. The molecule has 2 heterocycles. The van der Waals surface area contributed by atoms with Gasteiger partial charge in [0.15, 0.2) is 0 Å². The number of ether oxygens (including phenoxy) is 1. The van der Waals surface area contributed by atoms with Crippen LogP contribution in [0.1, 0.15) is 69.1 Å². The minimum Gasteiger partial charge on any atom is -0.478 e. The third-order valence-electron chi connectivity index (χ3n) is 7.02. The standard InChI is InChI=1S/C30H19Br3N4O10/c1-13(38)47-11-10-34-25(40)19-21(31)20(30(45)46)23(33)24(22(19)32)36(37-28(43)16-8-4-5-9-17(16)29(37)44)18(39)12-35-26(41)14-6-2-3-7-15(14)27(35)42/h2-9H,10-12H2,1H3,(H,34,40)(H,45,46). The Labute approximate surface area is 290 Å². The Morgan fingerprint density at radius 2 is 1.23 bits per heavy atom. The van der Waals surface area contributed by atoms with Gasteiger partial charge >= 0.3 is 11.9 Å². The molecule has 0 aromatic heterocycles. The Morgan fingerprint density at radius 3 is 1.70 bits per heavy atom. The van der Waals surface area contributed by atoms with Gasteiger partial charge in [-0.3, -0.25) is 38.5 Å². The number of hydrogen-bond donors (Lipinski definition) is 2. The van der Waals surface area contributed by atoms with Gasteiger partial charge in [-0.05, 0) is 72.1 Å². The van der Waals surface area contributed by atoms with Crippen molar-refractivity contribution in [2.75, 3.05) is 24.7 Å². The average molecular weight is 835 g/mol. The van der Waals surface area contributed by atoms with Crippen molar-refractivity contribution in [3.8, 4) is 0 Å². The molecule has 17 heteroatoms. The molecule has 47 heavy (non-hydrogen) atoms. The van der Waals surface area contributed by atoms with Crippen LogP contribution in [0, 0.1) is 0 Å². The van der Waals surface area contributed by atoms with Gasteiger partial charge in [-0.25, -0.2) is 9.80 Å². The molecule has 0 fully saturated rings. The lowest BCUT2D eigenvalue weighted by atomic mass is 10.1. The Morgan fingerprint density at radius 1 is 0.766 bits per heavy atom. The molecule has 0 saturated heterocycles. The van der Waals surface area contributed by atoms with E-state index < -0.39 is 65.2 Å². The summed E-state index contributed by atoms with van der Waals surface area (Å²) in [6.45, 7) is -0.222. The maximum absolute atomic E-state index is 14.3. The van der Waals surface area contributed by atoms with E-state index in [1.165, 1.54) is 55.5 Å². The smallest absolute Gasteiger partial charge is 0.338 e. The first-order chi connectivity index (χ1) is 22.3. The van der Waals surface area contributed by atoms with Gasteiger partial charge in [0, 0.05) is 11.4 Å². The van der Waals surface area contributed by atoms with Gasteiger partial charge < -0.3 is 15.2 Å². The highest BCUT2D eigenvalue weighted by Crippen LogP contribution is 2.46. The van der Waals surface area contributed by atoms with Gasteiger partial charge in [-0.1, -0.05) is 24.3 Å². The highest BCUT2D eigenvalue weighted by Gasteiger charge is 2.46. The van der Waals surface area contributed by atoms with Gasteiger partial charge in [0.25, 0.3) is 35.4 Å². The molecule has 0 atom stereocenters. The highest BCUT2D eigenvalue weighted by molar-refractivity contribution is 9.11. The molecular formula is C30H19Br3N4O10. The number of halogens is 3. The first-order valence-electron chi connectivity index (χ1n) is 13.4. The maximum Gasteiger partial charge on any atom is 0.338 e. The van der Waals surface area contributed by atoms with Gasteiger partial charge in [-0.15, -0.1) is 0 Å². The Bertz CT molecular complexity index is 1890. The number of imide groups is 2. The summed E-state index contributed by atoms with van der Waals surface area (Å²) in [6.07, 6.45) is 0. The molecular weight excluding hydrogens is 816 g/mol. The molecule has 2 aliphatic rings. The average Bonchev–Trinajstić information content (AvgIpc) is 3.41. The number of nitrogens with one attached hydrogen (secondary N) is 1. The lowest BCUT2D eigenvalue weighted by molar-refractivity contribution is -0.140. The molecule has 3 aromatic carbocycles. The van der Waals surface area contributed by atoms with Crippen molar-refractivity contribution < 1.29 is 48.2 Å². The van der Waals surface area contributed by atoms with E-state index in [-0.39, 0.29) is 54.4 Å². The second kappa shape index (κ2) is 13.2. The van der Waals surface area contributed by atoms with Gasteiger partial charge in [0.1, 0.15) is 13.2 Å². The number of amides is 6. The number of carbonyl (C=O) groups excluding carboxylic acids is 7. The fourth-order valence-electron chi connectivity index (χ4n) is 4.95. The Hall–Kier alpha value is -4.74. The lowest BCUT2D eigenvalue weighted by Crippen LogP contribution is -2.54. The van der Waals surface area contributed by atoms with Crippen LogP contribution in [-0.4, -0.2) is 82.1 Å². The summed E-state index contributed by atoms with van der Waals surface area (Å²) in [5.74, 6) is -7.85. The largest absolute Gasteiger partial charge is 0.478 e. The van der Waals surface area contributed by atoms with Crippen LogP contribution in [-0.2, 0) is 14.3 Å². The number of aromatic carboxylic acids is 1. The summed E-state index contributed by atoms with van der Waals surface area (Å²) in [4.78, 5) is 106. The van der Waals surface area contributed by atoms with Gasteiger partial charge in [0.2, 0.25) is 0 Å². The number of rotatable bonds is 9. The molecule has 240 valence electrons. The van der Waals surface area contributed by atoms with Crippen LogP contribution >= 0.6 is 47.8 Å². The molecule has 14 nitrogen and oxygen atoms in total. The summed E-state index contributed by atoms with van der Waals surface area (Å²) in [7, 11) is 0. The molecule has 0 unspecified atom stereocenters. The summed E-state index contributed by atoms with van der Waals surface area (Å²) in [5.41, 5.74) is -1.53. The number of carboxylic acid groups (broad SMARTS) is 1. The lowest BCUT2D eigenvalue weighted by Gasteiger charge is -2.33. The van der Waals surface area contributed by atoms with Crippen LogP contribution in [0.4, 0.5) is 5.69 Å². The maximum atomic E-state index is 14.3. The number of hydrazine groups is 1. The van der Waals surface area contributed by atoms with Crippen molar-refractivity contribution in [1.29, 1.82) is 0 Å². The zero-order valence-corrected chi connectivity index (χ0v) is 28.6. The van der Waals surface area contributed by atoms with E-state index in [1.54, 1.807) is 0 Å². The number of carboxylic acids is 1. The van der Waals surface area contributed by atoms with Crippen molar-refractivity contribution in [2.24, 2.45) is 0 Å². The van der Waals surface area contributed by atoms with E-state index in [0.717, 1.165) is 0 Å². The fraction of sp³-hybridized carbons (Fsp3) is 0.133. The van der Waals surface area contributed by atoms with Gasteiger partial charge in [-0.2, -0.15) is 5.01 Å². The Balaban J connectivity index is 1.67. The summed E-state index contributed by atoms with van der Waals surface area (Å²) < 4.78 is 3.94. The van der Waals surface area contributed by atoms with Crippen LogP contribution < -0.4 is 10.3 Å². The molecule has 0 radical (unpaired) electrons. The van der Waals surface area contributed by atoms with E-state index in [2.05, 4.69) is 53.1 Å². The van der Waals surface area contributed by atoms with E-state index in [4.69, 9.17) is 4.74 Å². The van der Waals surface area contributed by atoms with Crippen molar-refractivity contribution in [3.05, 3.63) is 95.3 Å². The summed E-state index contributed by atoms with van der Waals surface area (Å²) >= 11 is 9.57. The van der Waals surface area contributed by atoms with Gasteiger partial charge in [0.05, 0.1) is 54.6 Å². The molecule has 0 bridgehead atoms. The highest BCUT2D eigenvalue weighted by atomic mass is 79.9. The van der Waals surface area contributed by atoms with Crippen molar-refractivity contribution in [3.63, 3.8) is 0 Å². The molecule has 0 saturated carbocycles. The Kier molecular flexibility index (Phi) is 9.42. The molecule has 0 spiro atoms. The zero-order chi connectivity index (χ0) is 34.3. The third-order valence-corrected chi connectivity index (χ3v) is 9.36. The molecule has 3 aromatic rings. The number of benzene rings is 3. The monoisotopic (exact) mass is 832 g/mol. The van der Waals surface area contributed by atoms with Crippen LogP contribution in [0.25, 0.3) is 0 Å². The van der Waals surface area contributed by atoms with E-state index in [9.17, 15) is 43.5 Å². The number of hydrogen-bond acceptors (Lipinski definition) is 9. The minimum atomic E-state index is -1.58. The summed E-state index contributed by atoms with van der Waals surface area (Å²) in [6, 6.07) is 11.5. The SMILES string of the molecule is CC(=O)OCCNC(=O)c1c(Br)c(C(=O)O)c(Br)c(N(C(=O)CN2C(=O)c3ccccc3C2=O)N2C(=O)c3ccccc3C2=O)c1Br. The molecule has 2 N–H and O–H groups in total. The fourth-order valence-corrected chi connectivity index (χ4v) is 7.97. The molecule has 2 aliphatic heterocycles. The molecule has 5 rings (SSSR count). The quantitative estimate of drug-likeness (QED) is 0.182. The predicted octanol–water partition coefficient (Wildman–Crippen LogP) is 3.81. The number of anilines is 1.